The lowest BCUT2D eigenvalue weighted by Gasteiger charge is -2.26. The summed E-state index contributed by atoms with van der Waals surface area (Å²) in [6.07, 6.45) is 2.76. The number of hydrogen-bond donors (Lipinski definition) is 1. The minimum Gasteiger partial charge on any atom is -0.308 e. The molecule has 1 saturated carbocycles. The van der Waals surface area contributed by atoms with Crippen molar-refractivity contribution in [3.8, 4) is 0 Å². The van der Waals surface area contributed by atoms with Crippen molar-refractivity contribution in [3.63, 3.8) is 0 Å². The van der Waals surface area contributed by atoms with Crippen molar-refractivity contribution in [2.45, 2.75) is 51.7 Å². The largest absolute Gasteiger partial charge is 0.308 e. The zero-order valence-electron chi connectivity index (χ0n) is 13.5. The van der Waals surface area contributed by atoms with Gasteiger partial charge in [0.1, 0.15) is 0 Å². The maximum absolute atomic E-state index is 3.73. The van der Waals surface area contributed by atoms with Gasteiger partial charge in [-0.05, 0) is 57.7 Å². The Morgan fingerprint density at radius 2 is 2.00 bits per heavy atom. The van der Waals surface area contributed by atoms with Gasteiger partial charge in [-0.25, -0.2) is 0 Å². The van der Waals surface area contributed by atoms with Crippen LogP contribution in [-0.2, 0) is 0 Å². The average Bonchev–Trinajstić information content (AvgIpc) is 3.29. The maximum atomic E-state index is 3.73. The molecule has 114 valence electrons. The van der Waals surface area contributed by atoms with Gasteiger partial charge in [-0.15, -0.1) is 11.3 Å². The van der Waals surface area contributed by atoms with Crippen molar-refractivity contribution in [2.24, 2.45) is 0 Å². The molecule has 1 heterocycles. The zero-order valence-corrected chi connectivity index (χ0v) is 14.3. The molecular weight excluding hydrogens is 276 g/mol. The SMILES string of the molecule is Cc1c(C(C)NCC(C)N(C)C2CC2)sc2ccccc12. The van der Waals surface area contributed by atoms with Crippen LogP contribution in [0, 0.1) is 6.92 Å². The van der Waals surface area contributed by atoms with Crippen molar-refractivity contribution in [3.05, 3.63) is 34.7 Å². The molecule has 1 aromatic carbocycles. The first-order chi connectivity index (χ1) is 10.1. The summed E-state index contributed by atoms with van der Waals surface area (Å²) in [4.78, 5) is 4.01. The third kappa shape index (κ3) is 3.15. The van der Waals surface area contributed by atoms with Gasteiger partial charge in [0.15, 0.2) is 0 Å². The molecular formula is C18H26N2S. The quantitative estimate of drug-likeness (QED) is 0.854. The molecule has 21 heavy (non-hydrogen) atoms. The second-order valence-electron chi connectivity index (χ2n) is 6.46. The van der Waals surface area contributed by atoms with Gasteiger partial charge in [0.25, 0.3) is 0 Å². The standard InChI is InChI=1S/C18H26N2S/c1-12(20(4)15-9-10-15)11-19-14(3)18-13(2)16-7-5-6-8-17(16)21-18/h5-8,12,14-15,19H,9-11H2,1-4H3. The summed E-state index contributed by atoms with van der Waals surface area (Å²) >= 11 is 1.93. The Bertz CT molecular complexity index is 615. The van der Waals surface area contributed by atoms with E-state index in [4.69, 9.17) is 0 Å². The molecule has 2 unspecified atom stereocenters. The van der Waals surface area contributed by atoms with Gasteiger partial charge in [0, 0.05) is 34.2 Å². The van der Waals surface area contributed by atoms with E-state index >= 15 is 0 Å². The summed E-state index contributed by atoms with van der Waals surface area (Å²) in [6, 6.07) is 10.6. The second kappa shape index (κ2) is 6.07. The minimum atomic E-state index is 0.428. The lowest BCUT2D eigenvalue weighted by Crippen LogP contribution is -2.39. The van der Waals surface area contributed by atoms with E-state index in [0.29, 0.717) is 12.1 Å². The van der Waals surface area contributed by atoms with Crippen molar-refractivity contribution in [2.75, 3.05) is 13.6 Å². The Morgan fingerprint density at radius 1 is 1.29 bits per heavy atom. The first-order valence-electron chi connectivity index (χ1n) is 8.01. The molecule has 1 aliphatic rings. The highest BCUT2D eigenvalue weighted by molar-refractivity contribution is 7.19. The number of nitrogens with zero attached hydrogens (tertiary/aromatic N) is 1. The van der Waals surface area contributed by atoms with Crippen molar-refractivity contribution in [1.82, 2.24) is 10.2 Å². The Morgan fingerprint density at radius 3 is 2.67 bits per heavy atom. The molecule has 1 N–H and O–H groups in total. The Kier molecular flexibility index (Phi) is 4.34. The van der Waals surface area contributed by atoms with E-state index in [-0.39, 0.29) is 0 Å². The highest BCUT2D eigenvalue weighted by Crippen LogP contribution is 2.34. The normalized spacial score (nSPS) is 18.3. The minimum absolute atomic E-state index is 0.428. The van der Waals surface area contributed by atoms with Crippen LogP contribution in [0.2, 0.25) is 0 Å². The fraction of sp³-hybridized carbons (Fsp3) is 0.556. The lowest BCUT2D eigenvalue weighted by atomic mass is 10.1. The average molecular weight is 302 g/mol. The first-order valence-corrected chi connectivity index (χ1v) is 8.83. The number of thiophene rings is 1. The predicted octanol–water partition coefficient (Wildman–Crippen LogP) is 4.34. The van der Waals surface area contributed by atoms with E-state index in [1.807, 2.05) is 11.3 Å². The Labute approximate surface area is 132 Å². The van der Waals surface area contributed by atoms with E-state index in [2.05, 4.69) is 62.3 Å². The van der Waals surface area contributed by atoms with Gasteiger partial charge in [0.05, 0.1) is 0 Å². The van der Waals surface area contributed by atoms with Gasteiger partial charge in [-0.2, -0.15) is 0 Å². The summed E-state index contributed by atoms with van der Waals surface area (Å²) < 4.78 is 1.40. The summed E-state index contributed by atoms with van der Waals surface area (Å²) in [5, 5.41) is 5.14. The topological polar surface area (TPSA) is 15.3 Å². The van der Waals surface area contributed by atoms with Gasteiger partial charge in [0.2, 0.25) is 0 Å². The van der Waals surface area contributed by atoms with Gasteiger partial charge in [-0.1, -0.05) is 18.2 Å². The molecule has 0 amide bonds. The van der Waals surface area contributed by atoms with Crippen LogP contribution in [0.4, 0.5) is 0 Å². The maximum Gasteiger partial charge on any atom is 0.0389 e. The molecule has 1 aliphatic carbocycles. The molecule has 3 heteroatoms. The summed E-state index contributed by atoms with van der Waals surface area (Å²) in [7, 11) is 2.26. The highest BCUT2D eigenvalue weighted by Gasteiger charge is 2.29. The van der Waals surface area contributed by atoms with Crippen LogP contribution >= 0.6 is 11.3 Å². The lowest BCUT2D eigenvalue weighted by molar-refractivity contribution is 0.237. The fourth-order valence-electron chi connectivity index (χ4n) is 3.03. The van der Waals surface area contributed by atoms with Crippen molar-refractivity contribution in [1.29, 1.82) is 0 Å². The van der Waals surface area contributed by atoms with Crippen LogP contribution in [0.1, 0.15) is 43.2 Å². The molecule has 2 atom stereocenters. The van der Waals surface area contributed by atoms with Gasteiger partial charge in [-0.3, -0.25) is 4.90 Å². The molecule has 0 radical (unpaired) electrons. The van der Waals surface area contributed by atoms with Crippen LogP contribution in [0.5, 0.6) is 0 Å². The Balaban J connectivity index is 1.66. The number of rotatable bonds is 6. The number of likely N-dealkylation sites (N-methyl/N-ethyl adjacent to an activating group) is 1. The van der Waals surface area contributed by atoms with Gasteiger partial charge < -0.3 is 5.32 Å². The van der Waals surface area contributed by atoms with Crippen LogP contribution < -0.4 is 5.32 Å². The van der Waals surface area contributed by atoms with E-state index in [9.17, 15) is 0 Å². The number of nitrogens with one attached hydrogen (secondary N) is 1. The smallest absolute Gasteiger partial charge is 0.0389 e. The van der Waals surface area contributed by atoms with Crippen molar-refractivity contribution >= 4 is 21.4 Å². The second-order valence-corrected chi connectivity index (χ2v) is 7.55. The fourth-order valence-corrected chi connectivity index (χ4v) is 4.27. The zero-order chi connectivity index (χ0) is 15.0. The van der Waals surface area contributed by atoms with E-state index in [0.717, 1.165) is 12.6 Å². The molecule has 2 aromatic rings. The molecule has 0 saturated heterocycles. The van der Waals surface area contributed by atoms with E-state index < -0.39 is 0 Å². The van der Waals surface area contributed by atoms with Crippen LogP contribution in [-0.4, -0.2) is 30.6 Å². The van der Waals surface area contributed by atoms with E-state index in [1.165, 1.54) is 33.4 Å². The summed E-state index contributed by atoms with van der Waals surface area (Å²) in [5.74, 6) is 0. The molecule has 0 bridgehead atoms. The van der Waals surface area contributed by atoms with Crippen molar-refractivity contribution < 1.29 is 0 Å². The number of aryl methyl sites for hydroxylation is 1. The summed E-state index contributed by atoms with van der Waals surface area (Å²) in [5.41, 5.74) is 1.44. The van der Waals surface area contributed by atoms with Crippen LogP contribution in [0.15, 0.2) is 24.3 Å². The third-order valence-electron chi connectivity index (χ3n) is 4.81. The number of hydrogen-bond acceptors (Lipinski definition) is 3. The molecule has 1 fully saturated rings. The molecule has 1 aromatic heterocycles. The highest BCUT2D eigenvalue weighted by atomic mass is 32.1. The predicted molar refractivity (Wildman–Crippen MR) is 93.2 cm³/mol. The Hall–Kier alpha value is -0.900. The number of fused-ring (bicyclic) bond motifs is 1. The number of benzene rings is 1. The molecule has 0 aliphatic heterocycles. The van der Waals surface area contributed by atoms with Crippen LogP contribution in [0.25, 0.3) is 10.1 Å². The van der Waals surface area contributed by atoms with Gasteiger partial charge >= 0.3 is 0 Å². The van der Waals surface area contributed by atoms with Crippen LogP contribution in [0.3, 0.4) is 0 Å². The summed E-state index contributed by atoms with van der Waals surface area (Å²) in [6.45, 7) is 7.94. The molecule has 0 spiro atoms. The molecule has 2 nitrogen and oxygen atoms in total. The van der Waals surface area contributed by atoms with E-state index in [1.54, 1.807) is 0 Å². The monoisotopic (exact) mass is 302 g/mol. The molecule has 3 rings (SSSR count). The third-order valence-corrected chi connectivity index (χ3v) is 6.27. The first kappa shape index (κ1) is 15.0.